The number of anilines is 1. The molecule has 0 atom stereocenters. The smallest absolute Gasteiger partial charge is 0.340 e. The van der Waals surface area contributed by atoms with Crippen molar-refractivity contribution < 1.29 is 23.1 Å². The van der Waals surface area contributed by atoms with Gasteiger partial charge in [0, 0.05) is 6.54 Å². The fourth-order valence-corrected chi connectivity index (χ4v) is 1.46. The maximum Gasteiger partial charge on any atom is 0.340 e. The Balaban J connectivity index is 2.76. The molecule has 0 saturated heterocycles. The molecule has 1 rings (SSSR count). The number of hydrogen-bond donors (Lipinski definition) is 2. The minimum absolute atomic E-state index is 0.187. The quantitative estimate of drug-likeness (QED) is 0.781. The van der Waals surface area contributed by atoms with E-state index in [4.69, 9.17) is 0 Å². The van der Waals surface area contributed by atoms with Gasteiger partial charge < -0.3 is 15.4 Å². The molecule has 1 amide bonds. The molecule has 2 N–H and O–H groups in total. The van der Waals surface area contributed by atoms with E-state index in [0.29, 0.717) is 6.54 Å². The number of nitrogens with one attached hydrogen (secondary N) is 2. The summed E-state index contributed by atoms with van der Waals surface area (Å²) in [6.45, 7) is 2.22. The number of rotatable bonds is 6. The topological polar surface area (TPSA) is 67.4 Å². The van der Waals surface area contributed by atoms with Gasteiger partial charge in [0.1, 0.15) is 0 Å². The number of benzene rings is 1. The molecule has 0 aliphatic heterocycles. The summed E-state index contributed by atoms with van der Waals surface area (Å²) in [5, 5.41) is 5.05. The summed E-state index contributed by atoms with van der Waals surface area (Å²) in [5.74, 6) is -3.83. The van der Waals surface area contributed by atoms with E-state index in [1.165, 1.54) is 6.07 Å². The Bertz CT molecular complexity index is 507. The van der Waals surface area contributed by atoms with Crippen LogP contribution < -0.4 is 10.6 Å². The van der Waals surface area contributed by atoms with Gasteiger partial charge in [-0.1, -0.05) is 6.92 Å². The molecule has 0 bridgehead atoms. The zero-order valence-electron chi connectivity index (χ0n) is 11.3. The van der Waals surface area contributed by atoms with Gasteiger partial charge in [-0.05, 0) is 18.6 Å². The highest BCUT2D eigenvalue weighted by Gasteiger charge is 2.19. The molecule has 0 fully saturated rings. The molecule has 7 heteroatoms. The molecule has 110 valence electrons. The molecule has 20 heavy (non-hydrogen) atoms. The second-order valence-corrected chi connectivity index (χ2v) is 3.98. The van der Waals surface area contributed by atoms with Crippen LogP contribution in [0.4, 0.5) is 14.5 Å². The average Bonchev–Trinajstić information content (AvgIpc) is 2.45. The molecule has 0 heterocycles. The molecule has 5 nitrogen and oxygen atoms in total. The zero-order valence-corrected chi connectivity index (χ0v) is 11.3. The maximum atomic E-state index is 13.7. The fraction of sp³-hybridized carbons (Fsp3) is 0.385. The lowest BCUT2D eigenvalue weighted by Gasteiger charge is -2.10. The minimum Gasteiger partial charge on any atom is -0.465 e. The number of halogens is 2. The Morgan fingerprint density at radius 2 is 1.95 bits per heavy atom. The molecule has 1 aromatic rings. The lowest BCUT2D eigenvalue weighted by Crippen LogP contribution is -2.30. The van der Waals surface area contributed by atoms with Crippen LogP contribution in [0.15, 0.2) is 12.1 Å². The molecule has 0 radical (unpaired) electrons. The average molecular weight is 286 g/mol. The van der Waals surface area contributed by atoms with Crippen LogP contribution in [0.5, 0.6) is 0 Å². The van der Waals surface area contributed by atoms with E-state index in [1.54, 1.807) is 0 Å². The summed E-state index contributed by atoms with van der Waals surface area (Å²) in [6.07, 6.45) is 0.780. The van der Waals surface area contributed by atoms with Crippen LogP contribution in [0, 0.1) is 11.6 Å². The Morgan fingerprint density at radius 1 is 1.25 bits per heavy atom. The fourth-order valence-electron chi connectivity index (χ4n) is 1.46. The summed E-state index contributed by atoms with van der Waals surface area (Å²) >= 11 is 0. The highest BCUT2D eigenvalue weighted by Crippen LogP contribution is 2.21. The van der Waals surface area contributed by atoms with Gasteiger partial charge in [0.05, 0.1) is 24.9 Å². The van der Waals surface area contributed by atoms with Crippen molar-refractivity contribution in [2.75, 3.05) is 25.5 Å². The Kier molecular flexibility index (Phi) is 5.89. The molecular weight excluding hydrogens is 270 g/mol. The van der Waals surface area contributed by atoms with E-state index in [9.17, 15) is 18.4 Å². The Morgan fingerprint density at radius 3 is 2.55 bits per heavy atom. The summed E-state index contributed by atoms with van der Waals surface area (Å²) in [5.41, 5.74) is -0.687. The maximum absolute atomic E-state index is 13.7. The molecule has 0 aliphatic carbocycles. The Hall–Kier alpha value is -2.18. The number of methoxy groups -OCH3 is 1. The first-order chi connectivity index (χ1) is 9.51. The number of carbonyl (C=O) groups is 2. The van der Waals surface area contributed by atoms with Gasteiger partial charge in [-0.3, -0.25) is 4.79 Å². The van der Waals surface area contributed by atoms with Gasteiger partial charge in [-0.2, -0.15) is 0 Å². The van der Waals surface area contributed by atoms with Crippen LogP contribution in [0.2, 0.25) is 0 Å². The summed E-state index contributed by atoms with van der Waals surface area (Å²) in [6, 6.07) is 2.27. The van der Waals surface area contributed by atoms with E-state index in [2.05, 4.69) is 15.4 Å². The number of carbonyl (C=O) groups excluding carboxylic acids is 2. The van der Waals surface area contributed by atoms with Crippen LogP contribution in [-0.4, -0.2) is 32.1 Å². The van der Waals surface area contributed by atoms with Gasteiger partial charge in [0.25, 0.3) is 0 Å². The van der Waals surface area contributed by atoms with Crippen molar-refractivity contribution >= 4 is 17.6 Å². The standard InChI is InChI=1S/C13H16F2N2O3/c1-3-6-16-10(18)7-17-9-5-4-8(13(19)20-2)11(14)12(9)15/h4-5,17H,3,6-7H2,1-2H3,(H,16,18). The Labute approximate surface area is 115 Å². The molecular formula is C13H16F2N2O3. The second kappa shape index (κ2) is 7.42. The van der Waals surface area contributed by atoms with Gasteiger partial charge in [-0.15, -0.1) is 0 Å². The third-order valence-electron chi connectivity index (χ3n) is 2.50. The van der Waals surface area contributed by atoms with E-state index in [-0.39, 0.29) is 18.1 Å². The van der Waals surface area contributed by atoms with Crippen LogP contribution in [0.1, 0.15) is 23.7 Å². The summed E-state index contributed by atoms with van der Waals surface area (Å²) in [7, 11) is 1.07. The third-order valence-corrected chi connectivity index (χ3v) is 2.50. The van der Waals surface area contributed by atoms with Gasteiger partial charge in [0.2, 0.25) is 5.91 Å². The highest BCUT2D eigenvalue weighted by atomic mass is 19.2. The van der Waals surface area contributed by atoms with E-state index in [0.717, 1.165) is 19.6 Å². The van der Waals surface area contributed by atoms with Crippen LogP contribution in [0.25, 0.3) is 0 Å². The lowest BCUT2D eigenvalue weighted by atomic mass is 10.2. The number of hydrogen-bond acceptors (Lipinski definition) is 4. The van der Waals surface area contributed by atoms with Crippen molar-refractivity contribution in [3.05, 3.63) is 29.3 Å². The SMILES string of the molecule is CCCNC(=O)CNc1ccc(C(=O)OC)c(F)c1F. The predicted octanol–water partition coefficient (Wildman–Crippen LogP) is 1.69. The largest absolute Gasteiger partial charge is 0.465 e. The highest BCUT2D eigenvalue weighted by molar-refractivity contribution is 5.90. The summed E-state index contributed by atoms with van der Waals surface area (Å²) in [4.78, 5) is 22.5. The molecule has 0 unspecified atom stereocenters. The van der Waals surface area contributed by atoms with Crippen molar-refractivity contribution in [2.24, 2.45) is 0 Å². The predicted molar refractivity (Wildman–Crippen MR) is 69.5 cm³/mol. The third kappa shape index (κ3) is 3.91. The molecule has 0 aliphatic rings. The van der Waals surface area contributed by atoms with Gasteiger partial charge >= 0.3 is 5.97 Å². The van der Waals surface area contributed by atoms with Crippen LogP contribution in [0.3, 0.4) is 0 Å². The second-order valence-electron chi connectivity index (χ2n) is 3.98. The van der Waals surface area contributed by atoms with Crippen molar-refractivity contribution in [3.8, 4) is 0 Å². The minimum atomic E-state index is -1.31. The first-order valence-corrected chi connectivity index (χ1v) is 6.08. The first-order valence-electron chi connectivity index (χ1n) is 6.08. The molecule has 0 spiro atoms. The van der Waals surface area contributed by atoms with Gasteiger partial charge in [-0.25, -0.2) is 13.6 Å². The molecule has 1 aromatic carbocycles. The number of amides is 1. The lowest BCUT2D eigenvalue weighted by molar-refractivity contribution is -0.119. The van der Waals surface area contributed by atoms with E-state index in [1.807, 2.05) is 6.92 Å². The first kappa shape index (κ1) is 15.9. The van der Waals surface area contributed by atoms with Crippen molar-refractivity contribution in [1.29, 1.82) is 0 Å². The van der Waals surface area contributed by atoms with Crippen LogP contribution >= 0.6 is 0 Å². The van der Waals surface area contributed by atoms with E-state index < -0.39 is 23.2 Å². The monoisotopic (exact) mass is 286 g/mol. The van der Waals surface area contributed by atoms with Crippen molar-refractivity contribution in [3.63, 3.8) is 0 Å². The molecule has 0 saturated carbocycles. The van der Waals surface area contributed by atoms with Crippen molar-refractivity contribution in [2.45, 2.75) is 13.3 Å². The van der Waals surface area contributed by atoms with Gasteiger partial charge in [0.15, 0.2) is 11.6 Å². The van der Waals surface area contributed by atoms with Crippen LogP contribution in [-0.2, 0) is 9.53 Å². The zero-order chi connectivity index (χ0) is 15.1. The normalized spacial score (nSPS) is 10.0. The van der Waals surface area contributed by atoms with E-state index >= 15 is 0 Å². The summed E-state index contributed by atoms with van der Waals surface area (Å²) < 4.78 is 31.6. The number of ether oxygens (including phenoxy) is 1. The van der Waals surface area contributed by atoms with Crippen molar-refractivity contribution in [1.82, 2.24) is 5.32 Å². The number of esters is 1. The molecule has 0 aromatic heterocycles.